The molecule has 2 aromatic rings. The molecule has 0 saturated carbocycles. The van der Waals surface area contributed by atoms with Crippen LogP contribution in [0.3, 0.4) is 0 Å². The van der Waals surface area contributed by atoms with E-state index in [-0.39, 0.29) is 17.9 Å². The number of hydroxylamine groups is 1. The van der Waals surface area contributed by atoms with Crippen LogP contribution in [0.1, 0.15) is 11.5 Å². The van der Waals surface area contributed by atoms with Crippen LogP contribution < -0.4 is 0 Å². The van der Waals surface area contributed by atoms with Crippen LogP contribution in [0.5, 0.6) is 0 Å². The highest BCUT2D eigenvalue weighted by atomic mass is 32.2. The molecule has 0 aliphatic heterocycles. The fourth-order valence-electron chi connectivity index (χ4n) is 1.92. The van der Waals surface area contributed by atoms with Gasteiger partial charge >= 0.3 is 18.0 Å². The maximum absolute atomic E-state index is 12.5. The summed E-state index contributed by atoms with van der Waals surface area (Å²) in [4.78, 5) is 19.2. The summed E-state index contributed by atoms with van der Waals surface area (Å²) in [6.07, 6.45) is -4.75. The topological polar surface area (TPSA) is 112 Å². The number of nitrogens with zero attached hydrogens (tertiary/aromatic N) is 3. The van der Waals surface area contributed by atoms with Gasteiger partial charge in [0.25, 0.3) is 0 Å². The Morgan fingerprint density at radius 1 is 1.22 bits per heavy atom. The van der Waals surface area contributed by atoms with E-state index in [2.05, 4.69) is 19.4 Å². The molecular weight excluding hydrogens is 395 g/mol. The van der Waals surface area contributed by atoms with Gasteiger partial charge in [0.15, 0.2) is 5.75 Å². The molecule has 0 N–H and O–H groups in total. The molecule has 1 aromatic carbocycles. The Morgan fingerprint density at radius 2 is 1.85 bits per heavy atom. The van der Waals surface area contributed by atoms with E-state index in [1.54, 1.807) is 0 Å². The van der Waals surface area contributed by atoms with Gasteiger partial charge in [0, 0.05) is 5.56 Å². The second-order valence-corrected chi connectivity index (χ2v) is 6.95. The largest absolute Gasteiger partial charge is 0.471 e. The predicted molar refractivity (Wildman–Crippen MR) is 83.1 cm³/mol. The van der Waals surface area contributed by atoms with Crippen LogP contribution in [-0.2, 0) is 37.1 Å². The molecule has 13 heteroatoms. The number of carbonyl (C=O) groups excluding carboxylic acids is 1. The van der Waals surface area contributed by atoms with Gasteiger partial charge in [-0.1, -0.05) is 33.9 Å². The summed E-state index contributed by atoms with van der Waals surface area (Å²) in [7, 11) is -1.92. The summed E-state index contributed by atoms with van der Waals surface area (Å²) < 4.78 is 70.7. The zero-order valence-electron chi connectivity index (χ0n) is 14.1. The normalized spacial score (nSPS) is 12.4. The number of halogens is 3. The maximum atomic E-state index is 12.5. The molecule has 0 fully saturated rings. The first-order chi connectivity index (χ1) is 12.6. The molecule has 9 nitrogen and oxygen atoms in total. The average Bonchev–Trinajstić information content (AvgIpc) is 3.10. The lowest BCUT2D eigenvalue weighted by Crippen LogP contribution is -2.34. The molecule has 0 aliphatic rings. The highest BCUT2D eigenvalue weighted by Gasteiger charge is 2.38. The Morgan fingerprint density at radius 3 is 2.33 bits per heavy atom. The summed E-state index contributed by atoms with van der Waals surface area (Å²) in [6, 6.07) is 5.67. The second-order valence-electron chi connectivity index (χ2n) is 5.09. The van der Waals surface area contributed by atoms with Crippen molar-refractivity contribution in [1.82, 2.24) is 14.6 Å². The van der Waals surface area contributed by atoms with E-state index in [0.29, 0.717) is 10.0 Å². The van der Waals surface area contributed by atoms with E-state index in [1.807, 2.05) is 0 Å². The lowest BCUT2D eigenvalue weighted by Gasteiger charge is -2.18. The third-order valence-corrected chi connectivity index (χ3v) is 4.73. The van der Waals surface area contributed by atoms with Crippen LogP contribution in [0.25, 0.3) is 11.4 Å². The van der Waals surface area contributed by atoms with Crippen LogP contribution >= 0.6 is 0 Å². The molecule has 27 heavy (non-hydrogen) atoms. The van der Waals surface area contributed by atoms with Gasteiger partial charge in [-0.25, -0.2) is 8.42 Å². The van der Waals surface area contributed by atoms with Crippen molar-refractivity contribution in [3.05, 3.63) is 35.7 Å². The fraction of sp³-hybridized carbons (Fsp3) is 0.357. The Kier molecular flexibility index (Phi) is 6.18. The van der Waals surface area contributed by atoms with Gasteiger partial charge in [-0.05, 0) is 5.56 Å². The van der Waals surface area contributed by atoms with Gasteiger partial charge in [-0.15, -0.1) is 0 Å². The quantitative estimate of drug-likeness (QED) is 0.501. The molecule has 0 bridgehead atoms. The van der Waals surface area contributed by atoms with E-state index in [0.717, 1.165) is 14.2 Å². The Balaban J connectivity index is 2.14. The Hall–Kier alpha value is -2.51. The third kappa shape index (κ3) is 5.24. The van der Waals surface area contributed by atoms with Crippen molar-refractivity contribution in [1.29, 1.82) is 0 Å². The molecule has 0 saturated heterocycles. The first-order valence-corrected chi connectivity index (χ1v) is 8.79. The van der Waals surface area contributed by atoms with Gasteiger partial charge in [-0.3, -0.25) is 9.63 Å². The summed E-state index contributed by atoms with van der Waals surface area (Å²) in [5.41, 5.74) is 0.674. The lowest BCUT2D eigenvalue weighted by molar-refractivity contribution is -0.159. The zero-order chi connectivity index (χ0) is 20.2. The third-order valence-electron chi connectivity index (χ3n) is 3.23. The highest BCUT2D eigenvalue weighted by molar-refractivity contribution is 7.89. The van der Waals surface area contributed by atoms with E-state index < -0.39 is 33.8 Å². The second kappa shape index (κ2) is 8.02. The van der Waals surface area contributed by atoms with Crippen molar-refractivity contribution in [3.8, 4) is 11.4 Å². The smallest absolute Gasteiger partial charge is 0.468 e. The predicted octanol–water partition coefficient (Wildman–Crippen LogP) is 1.62. The number of benzene rings is 1. The molecule has 0 radical (unpaired) electrons. The minimum absolute atomic E-state index is 0.236. The van der Waals surface area contributed by atoms with E-state index in [9.17, 15) is 26.4 Å². The Labute approximate surface area is 151 Å². The first-order valence-electron chi connectivity index (χ1n) is 7.18. The van der Waals surface area contributed by atoms with Gasteiger partial charge in [0.2, 0.25) is 15.8 Å². The molecule has 0 atom stereocenters. The van der Waals surface area contributed by atoms with Crippen molar-refractivity contribution in [3.63, 3.8) is 0 Å². The number of carbonyl (C=O) groups is 1. The van der Waals surface area contributed by atoms with Crippen LogP contribution in [-0.4, -0.2) is 49.0 Å². The first kappa shape index (κ1) is 20.8. The van der Waals surface area contributed by atoms with Crippen molar-refractivity contribution in [2.24, 2.45) is 0 Å². The van der Waals surface area contributed by atoms with Crippen LogP contribution in [0.15, 0.2) is 28.8 Å². The lowest BCUT2D eigenvalue weighted by atomic mass is 10.1. The van der Waals surface area contributed by atoms with Crippen molar-refractivity contribution < 1.29 is 40.5 Å². The number of aromatic nitrogens is 2. The molecule has 2 rings (SSSR count). The number of alkyl halides is 3. The minimum Gasteiger partial charge on any atom is -0.468 e. The molecule has 0 spiro atoms. The maximum Gasteiger partial charge on any atom is 0.471 e. The SMILES string of the molecule is COC(=O)CS(=O)(=O)N(Cc1ccc(-c2noc(C(F)(F)F)n2)cc1)OC. The number of hydrogen-bond donors (Lipinski definition) is 0. The van der Waals surface area contributed by atoms with E-state index in [4.69, 9.17) is 4.84 Å². The molecule has 0 aliphatic carbocycles. The average molecular weight is 409 g/mol. The van der Waals surface area contributed by atoms with Crippen LogP contribution in [0, 0.1) is 0 Å². The summed E-state index contributed by atoms with van der Waals surface area (Å²) in [5, 5.41) is 3.25. The highest BCUT2D eigenvalue weighted by Crippen LogP contribution is 2.29. The van der Waals surface area contributed by atoms with E-state index >= 15 is 0 Å². The van der Waals surface area contributed by atoms with Crippen molar-refractivity contribution >= 4 is 16.0 Å². The van der Waals surface area contributed by atoms with Crippen molar-refractivity contribution in [2.45, 2.75) is 12.7 Å². The van der Waals surface area contributed by atoms with Crippen LogP contribution in [0.2, 0.25) is 0 Å². The number of ether oxygens (including phenoxy) is 1. The molecular formula is C14H14F3N3O6S. The van der Waals surface area contributed by atoms with Crippen molar-refractivity contribution in [2.75, 3.05) is 20.0 Å². The standard InChI is InChI=1S/C14H14F3N3O6S/c1-24-11(21)8-27(22,23)20(25-2)7-9-3-5-10(6-4-9)12-18-13(26-19-12)14(15,16)17/h3-6H,7-8H2,1-2H3. The molecule has 148 valence electrons. The number of methoxy groups -OCH3 is 1. The summed E-state index contributed by atoms with van der Waals surface area (Å²) in [5.74, 6) is -3.60. The van der Waals surface area contributed by atoms with Gasteiger partial charge in [0.05, 0.1) is 20.8 Å². The number of sulfonamides is 1. The molecule has 1 aromatic heterocycles. The van der Waals surface area contributed by atoms with Gasteiger partial charge in [-0.2, -0.15) is 18.2 Å². The monoisotopic (exact) mass is 409 g/mol. The van der Waals surface area contributed by atoms with E-state index in [1.165, 1.54) is 24.3 Å². The number of hydrogen-bond acceptors (Lipinski definition) is 8. The summed E-state index contributed by atoms with van der Waals surface area (Å²) in [6.45, 7) is -0.240. The molecule has 1 heterocycles. The molecule has 0 amide bonds. The zero-order valence-corrected chi connectivity index (χ0v) is 14.9. The fourth-order valence-corrected chi connectivity index (χ4v) is 3.05. The van der Waals surface area contributed by atoms with Crippen LogP contribution in [0.4, 0.5) is 13.2 Å². The number of rotatable bonds is 7. The van der Waals surface area contributed by atoms with Gasteiger partial charge < -0.3 is 9.26 Å². The molecule has 0 unspecified atom stereocenters. The minimum atomic E-state index is -4.75. The Bertz CT molecular complexity index is 896. The summed E-state index contributed by atoms with van der Waals surface area (Å²) >= 11 is 0. The number of esters is 1. The van der Waals surface area contributed by atoms with Gasteiger partial charge in [0.1, 0.15) is 0 Å².